The van der Waals surface area contributed by atoms with Crippen molar-refractivity contribution in [3.63, 3.8) is 0 Å². The van der Waals surface area contributed by atoms with Gasteiger partial charge in [0.2, 0.25) is 0 Å². The summed E-state index contributed by atoms with van der Waals surface area (Å²) in [5.41, 5.74) is 0.266. The third-order valence-corrected chi connectivity index (χ3v) is 4.44. The zero-order valence-corrected chi connectivity index (χ0v) is 12.6. The third-order valence-electron chi connectivity index (χ3n) is 3.79. The Bertz CT molecular complexity index is 459. The van der Waals surface area contributed by atoms with Crippen LogP contribution in [-0.4, -0.2) is 17.2 Å². The van der Waals surface area contributed by atoms with E-state index in [4.69, 9.17) is 9.84 Å². The number of benzene rings is 1. The lowest BCUT2D eigenvalue weighted by molar-refractivity contribution is 0.0695. The highest BCUT2D eigenvalue weighted by Crippen LogP contribution is 2.31. The highest BCUT2D eigenvalue weighted by atomic mass is 79.9. The third kappa shape index (κ3) is 3.72. The lowest BCUT2D eigenvalue weighted by Crippen LogP contribution is -2.25. The summed E-state index contributed by atoms with van der Waals surface area (Å²) in [6, 6.07) is 5.07. The highest BCUT2D eigenvalue weighted by Gasteiger charge is 2.22. The molecule has 0 spiro atoms. The van der Waals surface area contributed by atoms with Gasteiger partial charge in [-0.2, -0.15) is 0 Å². The van der Waals surface area contributed by atoms with Crippen LogP contribution in [0, 0.1) is 5.92 Å². The number of carbonyl (C=O) groups is 1. The second-order valence-corrected chi connectivity index (χ2v) is 5.98. The fraction of sp³-hybridized carbons (Fsp3) is 0.533. The van der Waals surface area contributed by atoms with Crippen LogP contribution < -0.4 is 4.74 Å². The molecule has 1 saturated carbocycles. The zero-order valence-electron chi connectivity index (χ0n) is 11.1. The number of rotatable bonds is 4. The molecule has 104 valence electrons. The van der Waals surface area contributed by atoms with E-state index in [1.807, 2.05) is 0 Å². The molecule has 1 aliphatic carbocycles. The normalized spacial score (nSPS) is 23.1. The molecular formula is C15H19BrO3. The summed E-state index contributed by atoms with van der Waals surface area (Å²) in [5, 5.41) is 8.97. The van der Waals surface area contributed by atoms with Crippen molar-refractivity contribution in [1.82, 2.24) is 0 Å². The Morgan fingerprint density at radius 1 is 1.47 bits per heavy atom. The van der Waals surface area contributed by atoms with Crippen molar-refractivity contribution in [3.05, 3.63) is 28.2 Å². The maximum atomic E-state index is 10.9. The minimum atomic E-state index is -0.929. The lowest BCUT2D eigenvalue weighted by atomic mass is 9.85. The first kappa shape index (κ1) is 14.4. The van der Waals surface area contributed by atoms with Crippen LogP contribution in [0.15, 0.2) is 22.7 Å². The molecule has 1 aromatic carbocycles. The van der Waals surface area contributed by atoms with Gasteiger partial charge in [-0.3, -0.25) is 0 Å². The molecule has 0 saturated heterocycles. The average molecular weight is 327 g/mol. The number of carboxylic acids is 1. The summed E-state index contributed by atoms with van der Waals surface area (Å²) in [5.74, 6) is 0.584. The summed E-state index contributed by atoms with van der Waals surface area (Å²) in [7, 11) is 0. The van der Waals surface area contributed by atoms with Crippen LogP contribution in [0.25, 0.3) is 0 Å². The van der Waals surface area contributed by atoms with Crippen molar-refractivity contribution in [3.8, 4) is 5.75 Å². The van der Waals surface area contributed by atoms with E-state index in [1.165, 1.54) is 19.3 Å². The fourth-order valence-corrected chi connectivity index (χ4v) is 3.18. The largest absolute Gasteiger partial charge is 0.490 e. The molecule has 1 fully saturated rings. The molecule has 2 rings (SSSR count). The Labute approximate surface area is 122 Å². The van der Waals surface area contributed by atoms with Gasteiger partial charge in [-0.25, -0.2) is 4.79 Å². The quantitative estimate of drug-likeness (QED) is 0.886. The van der Waals surface area contributed by atoms with Crippen molar-refractivity contribution < 1.29 is 14.6 Å². The van der Waals surface area contributed by atoms with E-state index in [9.17, 15) is 4.79 Å². The molecule has 1 aliphatic rings. The number of halogens is 1. The van der Waals surface area contributed by atoms with Crippen LogP contribution in [0.2, 0.25) is 0 Å². The summed E-state index contributed by atoms with van der Waals surface area (Å²) in [4.78, 5) is 10.9. The molecule has 0 amide bonds. The fourth-order valence-electron chi connectivity index (χ4n) is 2.65. The molecule has 0 heterocycles. The molecule has 3 nitrogen and oxygen atoms in total. The van der Waals surface area contributed by atoms with E-state index in [0.717, 1.165) is 24.5 Å². The maximum Gasteiger partial charge on any atom is 0.336 e. The SMILES string of the molecule is CCC1CCCC(Oc2ccc(C(=O)O)c(Br)c2)C1. The van der Waals surface area contributed by atoms with E-state index in [0.29, 0.717) is 4.47 Å². The van der Waals surface area contributed by atoms with Crippen molar-refractivity contribution in [2.75, 3.05) is 0 Å². The second kappa shape index (κ2) is 6.42. The maximum absolute atomic E-state index is 10.9. The summed E-state index contributed by atoms with van der Waals surface area (Å²) >= 11 is 3.28. The van der Waals surface area contributed by atoms with Crippen LogP contribution in [0.3, 0.4) is 0 Å². The molecule has 0 radical (unpaired) electrons. The van der Waals surface area contributed by atoms with Gasteiger partial charge in [0.25, 0.3) is 0 Å². The minimum Gasteiger partial charge on any atom is -0.490 e. The molecule has 19 heavy (non-hydrogen) atoms. The molecule has 1 N–H and O–H groups in total. The molecular weight excluding hydrogens is 308 g/mol. The standard InChI is InChI=1S/C15H19BrO3/c1-2-10-4-3-5-11(8-10)19-12-6-7-13(15(17)18)14(16)9-12/h6-7,9-11H,2-5,8H2,1H3,(H,17,18). The number of hydrogen-bond donors (Lipinski definition) is 1. The van der Waals surface area contributed by atoms with Crippen LogP contribution >= 0.6 is 15.9 Å². The van der Waals surface area contributed by atoms with Gasteiger partial charge in [-0.05, 0) is 59.3 Å². The van der Waals surface area contributed by atoms with Gasteiger partial charge in [0.05, 0.1) is 11.7 Å². The van der Waals surface area contributed by atoms with Gasteiger partial charge in [-0.15, -0.1) is 0 Å². The van der Waals surface area contributed by atoms with Crippen molar-refractivity contribution >= 4 is 21.9 Å². The monoisotopic (exact) mass is 326 g/mol. The Morgan fingerprint density at radius 3 is 2.89 bits per heavy atom. The van der Waals surface area contributed by atoms with Crippen LogP contribution in [0.5, 0.6) is 5.75 Å². The molecule has 4 heteroatoms. The summed E-state index contributed by atoms with van der Waals surface area (Å²) < 4.78 is 6.55. The first-order valence-corrected chi connectivity index (χ1v) is 7.59. The van der Waals surface area contributed by atoms with E-state index in [1.54, 1.807) is 18.2 Å². The van der Waals surface area contributed by atoms with E-state index < -0.39 is 5.97 Å². The van der Waals surface area contributed by atoms with Crippen LogP contribution in [0.4, 0.5) is 0 Å². The molecule has 2 atom stereocenters. The van der Waals surface area contributed by atoms with Gasteiger partial charge in [-0.1, -0.05) is 19.8 Å². The smallest absolute Gasteiger partial charge is 0.336 e. The molecule has 0 aromatic heterocycles. The van der Waals surface area contributed by atoms with Crippen molar-refractivity contribution in [2.24, 2.45) is 5.92 Å². The summed E-state index contributed by atoms with van der Waals surface area (Å²) in [6.07, 6.45) is 6.20. The molecule has 2 unspecified atom stereocenters. The predicted octanol–water partition coefficient (Wildman–Crippen LogP) is 4.49. The molecule has 1 aromatic rings. The first-order chi connectivity index (χ1) is 9.10. The predicted molar refractivity (Wildman–Crippen MR) is 77.8 cm³/mol. The van der Waals surface area contributed by atoms with Crippen LogP contribution in [0.1, 0.15) is 49.4 Å². The Hall–Kier alpha value is -1.03. The van der Waals surface area contributed by atoms with Crippen molar-refractivity contribution in [1.29, 1.82) is 0 Å². The first-order valence-electron chi connectivity index (χ1n) is 6.79. The summed E-state index contributed by atoms with van der Waals surface area (Å²) in [6.45, 7) is 2.23. The Morgan fingerprint density at radius 2 is 2.26 bits per heavy atom. The number of hydrogen-bond acceptors (Lipinski definition) is 2. The van der Waals surface area contributed by atoms with E-state index >= 15 is 0 Å². The second-order valence-electron chi connectivity index (χ2n) is 5.13. The van der Waals surface area contributed by atoms with Crippen LogP contribution in [-0.2, 0) is 0 Å². The molecule has 0 bridgehead atoms. The Kier molecular flexibility index (Phi) is 4.86. The van der Waals surface area contributed by atoms with E-state index in [-0.39, 0.29) is 11.7 Å². The van der Waals surface area contributed by atoms with Gasteiger partial charge in [0.1, 0.15) is 5.75 Å². The number of ether oxygens (including phenoxy) is 1. The van der Waals surface area contributed by atoms with Gasteiger partial charge in [0.15, 0.2) is 0 Å². The van der Waals surface area contributed by atoms with Gasteiger partial charge >= 0.3 is 5.97 Å². The van der Waals surface area contributed by atoms with Gasteiger partial charge in [0, 0.05) is 4.47 Å². The molecule has 0 aliphatic heterocycles. The number of carboxylic acid groups (broad SMARTS) is 1. The van der Waals surface area contributed by atoms with Gasteiger partial charge < -0.3 is 9.84 Å². The Balaban J connectivity index is 2.03. The zero-order chi connectivity index (χ0) is 13.8. The average Bonchev–Trinajstić information content (AvgIpc) is 2.38. The lowest BCUT2D eigenvalue weighted by Gasteiger charge is -2.29. The number of aromatic carboxylic acids is 1. The topological polar surface area (TPSA) is 46.5 Å². The van der Waals surface area contributed by atoms with E-state index in [2.05, 4.69) is 22.9 Å². The minimum absolute atomic E-state index is 0.265. The van der Waals surface area contributed by atoms with Crippen molar-refractivity contribution in [2.45, 2.75) is 45.1 Å². The highest BCUT2D eigenvalue weighted by molar-refractivity contribution is 9.10.